The van der Waals surface area contributed by atoms with E-state index in [0.717, 1.165) is 0 Å². The Labute approximate surface area is 226 Å². The molecule has 0 unspecified atom stereocenters. The molecule has 0 aromatic heterocycles. The quantitative estimate of drug-likeness (QED) is 0.116. The summed E-state index contributed by atoms with van der Waals surface area (Å²) in [5.41, 5.74) is 11.6. The van der Waals surface area contributed by atoms with Gasteiger partial charge in [0.05, 0.1) is 12.6 Å². The average Bonchev–Trinajstić information content (AvgIpc) is 2.85. The minimum absolute atomic E-state index is 0.0548. The van der Waals surface area contributed by atoms with Crippen LogP contribution in [-0.4, -0.2) is 76.4 Å². The van der Waals surface area contributed by atoms with Gasteiger partial charge in [-0.2, -0.15) is 0 Å². The predicted molar refractivity (Wildman–Crippen MR) is 140 cm³/mol. The molecule has 0 saturated heterocycles. The normalized spacial score (nSPS) is 13.9. The highest BCUT2D eigenvalue weighted by Crippen LogP contribution is 2.11. The summed E-state index contributed by atoms with van der Waals surface area (Å²) in [5.74, 6) is -4.79. The maximum Gasteiger partial charge on any atom is 0.326 e. The number of hydrogen-bond donors (Lipinski definition) is 8. The number of nitrogens with two attached hydrogens (primary N) is 2. The number of amides is 5. The molecule has 0 fully saturated rings. The van der Waals surface area contributed by atoms with E-state index in [1.54, 1.807) is 26.0 Å². The second-order valence-electron chi connectivity index (χ2n) is 9.58. The van der Waals surface area contributed by atoms with Crippen molar-refractivity contribution in [1.82, 2.24) is 21.3 Å². The van der Waals surface area contributed by atoms with Gasteiger partial charge in [0.25, 0.3) is 0 Å². The highest BCUT2D eigenvalue weighted by molar-refractivity contribution is 5.94. The fraction of sp³-hybridized carbons (Fsp3) is 0.520. The van der Waals surface area contributed by atoms with E-state index in [1.165, 1.54) is 19.1 Å². The minimum Gasteiger partial charge on any atom is -0.508 e. The summed E-state index contributed by atoms with van der Waals surface area (Å²) >= 11 is 0. The Morgan fingerprint density at radius 3 is 2.00 bits per heavy atom. The van der Waals surface area contributed by atoms with E-state index in [-0.39, 0.29) is 37.4 Å². The van der Waals surface area contributed by atoms with Crippen LogP contribution in [0.15, 0.2) is 24.3 Å². The van der Waals surface area contributed by atoms with Gasteiger partial charge < -0.3 is 42.9 Å². The monoisotopic (exact) mass is 550 g/mol. The van der Waals surface area contributed by atoms with Gasteiger partial charge in [-0.25, -0.2) is 4.79 Å². The van der Waals surface area contributed by atoms with E-state index in [4.69, 9.17) is 11.5 Å². The van der Waals surface area contributed by atoms with E-state index in [9.17, 15) is 39.0 Å². The Morgan fingerprint density at radius 1 is 0.872 bits per heavy atom. The summed E-state index contributed by atoms with van der Waals surface area (Å²) < 4.78 is 0. The maximum absolute atomic E-state index is 12.7. The molecule has 1 aromatic carbocycles. The van der Waals surface area contributed by atoms with Gasteiger partial charge in [-0.05, 0) is 49.8 Å². The lowest BCUT2D eigenvalue weighted by molar-refractivity contribution is -0.142. The molecule has 0 spiro atoms. The molecule has 0 heterocycles. The van der Waals surface area contributed by atoms with E-state index in [2.05, 4.69) is 21.3 Å². The number of carbonyl (C=O) groups is 6. The molecule has 4 atom stereocenters. The van der Waals surface area contributed by atoms with Crippen LogP contribution >= 0.6 is 0 Å². The molecule has 0 aliphatic carbocycles. The van der Waals surface area contributed by atoms with E-state index in [0.29, 0.717) is 5.56 Å². The van der Waals surface area contributed by atoms with Crippen molar-refractivity contribution in [2.45, 2.75) is 70.6 Å². The Balaban J connectivity index is 2.64. The van der Waals surface area contributed by atoms with Gasteiger partial charge in [-0.1, -0.05) is 26.0 Å². The number of rotatable bonds is 16. The van der Waals surface area contributed by atoms with Crippen LogP contribution in [0.5, 0.6) is 5.75 Å². The second-order valence-corrected chi connectivity index (χ2v) is 9.58. The third-order valence-electron chi connectivity index (χ3n) is 5.56. The SMILES string of the molecule is CC(C)C[C@H](NC(=O)[C@H](C)NC(=O)CNC(=O)[C@@H](N)Cc1ccc(O)cc1)C(=O)N[C@@H](CCC(N)=O)C(=O)O. The third kappa shape index (κ3) is 12.7. The molecule has 5 amide bonds. The standard InChI is InChI=1S/C25H38N6O8/c1-13(2)10-19(24(37)30-18(25(38)39)8-9-20(27)33)31-22(35)14(3)29-21(34)12-28-23(36)17(26)11-15-4-6-16(32)7-5-15/h4-7,13-14,17-19,32H,8-12,26H2,1-3H3,(H2,27,33)(H,28,36)(H,29,34)(H,30,37)(H,31,35)(H,38,39)/t14-,17-,18-,19-/m0/s1. The van der Waals surface area contributed by atoms with E-state index in [1.807, 2.05) is 0 Å². The van der Waals surface area contributed by atoms with Crippen LogP contribution in [0.1, 0.15) is 45.6 Å². The van der Waals surface area contributed by atoms with Crippen LogP contribution in [0.2, 0.25) is 0 Å². The predicted octanol–water partition coefficient (Wildman–Crippen LogP) is -1.75. The second kappa shape index (κ2) is 15.9. The lowest BCUT2D eigenvalue weighted by Crippen LogP contribution is -2.56. The molecule has 1 aromatic rings. The van der Waals surface area contributed by atoms with Crippen LogP contribution in [0.25, 0.3) is 0 Å². The lowest BCUT2D eigenvalue weighted by Gasteiger charge is -2.24. The fourth-order valence-electron chi connectivity index (χ4n) is 3.45. The number of phenolic OH excluding ortho intramolecular Hbond substituents is 1. The number of aromatic hydroxyl groups is 1. The number of nitrogens with one attached hydrogen (secondary N) is 4. The molecular formula is C25H38N6O8. The number of carboxylic acids is 1. The van der Waals surface area contributed by atoms with Crippen molar-refractivity contribution in [3.8, 4) is 5.75 Å². The fourth-order valence-corrected chi connectivity index (χ4v) is 3.45. The first-order valence-electron chi connectivity index (χ1n) is 12.4. The first-order chi connectivity index (χ1) is 18.2. The highest BCUT2D eigenvalue weighted by Gasteiger charge is 2.29. The van der Waals surface area contributed by atoms with Crippen molar-refractivity contribution in [1.29, 1.82) is 0 Å². The number of benzene rings is 1. The molecule has 0 aliphatic rings. The van der Waals surface area contributed by atoms with Crippen molar-refractivity contribution in [3.63, 3.8) is 0 Å². The number of primary amides is 1. The molecule has 0 aliphatic heterocycles. The topological polar surface area (TPSA) is 243 Å². The van der Waals surface area contributed by atoms with Crippen molar-refractivity contribution < 1.29 is 39.0 Å². The van der Waals surface area contributed by atoms with Gasteiger partial charge in [0.1, 0.15) is 23.9 Å². The Morgan fingerprint density at radius 2 is 1.46 bits per heavy atom. The van der Waals surface area contributed by atoms with Gasteiger partial charge in [0, 0.05) is 6.42 Å². The van der Waals surface area contributed by atoms with Gasteiger partial charge in [0.15, 0.2) is 0 Å². The summed E-state index contributed by atoms with van der Waals surface area (Å²) in [4.78, 5) is 72.4. The summed E-state index contributed by atoms with van der Waals surface area (Å²) in [5, 5.41) is 28.2. The lowest BCUT2D eigenvalue weighted by atomic mass is 10.0. The van der Waals surface area contributed by atoms with Gasteiger partial charge in [0.2, 0.25) is 29.5 Å². The zero-order chi connectivity index (χ0) is 29.7. The highest BCUT2D eigenvalue weighted by atomic mass is 16.4. The zero-order valence-electron chi connectivity index (χ0n) is 22.2. The van der Waals surface area contributed by atoms with Crippen LogP contribution < -0.4 is 32.7 Å². The van der Waals surface area contributed by atoms with Crippen molar-refractivity contribution in [3.05, 3.63) is 29.8 Å². The molecular weight excluding hydrogens is 512 g/mol. The maximum atomic E-state index is 12.7. The largest absolute Gasteiger partial charge is 0.508 e. The Hall–Kier alpha value is -4.20. The molecule has 39 heavy (non-hydrogen) atoms. The van der Waals surface area contributed by atoms with Crippen LogP contribution in [0, 0.1) is 5.92 Å². The minimum atomic E-state index is -1.38. The van der Waals surface area contributed by atoms with E-state index >= 15 is 0 Å². The zero-order valence-corrected chi connectivity index (χ0v) is 22.2. The number of carboxylic acid groups (broad SMARTS) is 1. The third-order valence-corrected chi connectivity index (χ3v) is 5.56. The Kier molecular flexibility index (Phi) is 13.4. The summed E-state index contributed by atoms with van der Waals surface area (Å²) in [7, 11) is 0. The van der Waals surface area contributed by atoms with Gasteiger partial charge in [-0.15, -0.1) is 0 Å². The van der Waals surface area contributed by atoms with Crippen LogP contribution in [0.3, 0.4) is 0 Å². The summed E-state index contributed by atoms with van der Waals surface area (Å²) in [6.45, 7) is 4.53. The van der Waals surface area contributed by atoms with Gasteiger partial charge >= 0.3 is 5.97 Å². The van der Waals surface area contributed by atoms with Crippen LogP contribution in [0.4, 0.5) is 0 Å². The average molecular weight is 551 g/mol. The molecule has 0 saturated carbocycles. The van der Waals surface area contributed by atoms with E-state index < -0.39 is 66.2 Å². The Bertz CT molecular complexity index is 1030. The summed E-state index contributed by atoms with van der Waals surface area (Å²) in [6.07, 6.45) is -0.109. The first-order valence-corrected chi connectivity index (χ1v) is 12.4. The number of carbonyl (C=O) groups excluding carboxylic acids is 5. The first kappa shape index (κ1) is 32.8. The smallest absolute Gasteiger partial charge is 0.326 e. The molecule has 216 valence electrons. The summed E-state index contributed by atoms with van der Waals surface area (Å²) in [6, 6.07) is 1.63. The number of hydrogen-bond acceptors (Lipinski definition) is 8. The number of aliphatic carboxylic acids is 1. The molecule has 1 rings (SSSR count). The molecule has 14 nitrogen and oxygen atoms in total. The molecule has 10 N–H and O–H groups in total. The van der Waals surface area contributed by atoms with Gasteiger partial charge in [-0.3, -0.25) is 24.0 Å². The van der Waals surface area contributed by atoms with Crippen molar-refractivity contribution in [2.24, 2.45) is 17.4 Å². The molecule has 14 heteroatoms. The van der Waals surface area contributed by atoms with Crippen LogP contribution in [-0.2, 0) is 35.2 Å². The number of phenols is 1. The molecule has 0 radical (unpaired) electrons. The van der Waals surface area contributed by atoms with Crippen molar-refractivity contribution in [2.75, 3.05) is 6.54 Å². The van der Waals surface area contributed by atoms with Crippen molar-refractivity contribution >= 4 is 35.5 Å². The molecule has 0 bridgehead atoms.